The SMILES string of the molecule is Fc1ccc(C#CCCCl)cc1OCCn1cccn1. The molecule has 0 unspecified atom stereocenters. The summed E-state index contributed by atoms with van der Waals surface area (Å²) in [4.78, 5) is 0. The molecule has 3 nitrogen and oxygen atoms in total. The van der Waals surface area contributed by atoms with Crippen molar-refractivity contribution in [3.63, 3.8) is 0 Å². The van der Waals surface area contributed by atoms with E-state index in [1.54, 1.807) is 23.0 Å². The highest BCUT2D eigenvalue weighted by molar-refractivity contribution is 6.18. The van der Waals surface area contributed by atoms with Crippen molar-refractivity contribution < 1.29 is 9.13 Å². The van der Waals surface area contributed by atoms with Crippen LogP contribution < -0.4 is 4.74 Å². The van der Waals surface area contributed by atoms with E-state index >= 15 is 0 Å². The van der Waals surface area contributed by atoms with Crippen molar-refractivity contribution in [3.05, 3.63) is 48.0 Å². The molecule has 20 heavy (non-hydrogen) atoms. The summed E-state index contributed by atoms with van der Waals surface area (Å²) < 4.78 is 20.8. The fraction of sp³-hybridized carbons (Fsp3) is 0.267. The number of hydrogen-bond donors (Lipinski definition) is 0. The molecule has 104 valence electrons. The molecule has 1 aromatic heterocycles. The molecule has 0 radical (unpaired) electrons. The number of alkyl halides is 1. The number of rotatable bonds is 5. The fourth-order valence-electron chi connectivity index (χ4n) is 1.59. The van der Waals surface area contributed by atoms with E-state index in [4.69, 9.17) is 16.3 Å². The number of benzene rings is 1. The van der Waals surface area contributed by atoms with Gasteiger partial charge in [0.1, 0.15) is 6.61 Å². The third-order valence-electron chi connectivity index (χ3n) is 2.52. The lowest BCUT2D eigenvalue weighted by atomic mass is 10.2. The van der Waals surface area contributed by atoms with Crippen LogP contribution in [0.3, 0.4) is 0 Å². The van der Waals surface area contributed by atoms with Crippen molar-refractivity contribution in [2.75, 3.05) is 12.5 Å². The first-order chi connectivity index (χ1) is 9.79. The first kappa shape index (κ1) is 14.4. The fourth-order valence-corrected chi connectivity index (χ4v) is 1.68. The molecule has 5 heteroatoms. The normalized spacial score (nSPS) is 9.90. The van der Waals surface area contributed by atoms with Crippen LogP contribution in [0.25, 0.3) is 0 Å². The summed E-state index contributed by atoms with van der Waals surface area (Å²) in [5.41, 5.74) is 0.714. The topological polar surface area (TPSA) is 27.1 Å². The van der Waals surface area contributed by atoms with Crippen molar-refractivity contribution >= 4 is 11.6 Å². The molecule has 0 bridgehead atoms. The van der Waals surface area contributed by atoms with Crippen LogP contribution in [0, 0.1) is 17.7 Å². The van der Waals surface area contributed by atoms with Gasteiger partial charge in [0.2, 0.25) is 0 Å². The van der Waals surface area contributed by atoms with Crippen LogP contribution in [0.1, 0.15) is 12.0 Å². The summed E-state index contributed by atoms with van der Waals surface area (Å²) in [6, 6.07) is 6.40. The second-order valence-electron chi connectivity index (χ2n) is 4.00. The zero-order valence-corrected chi connectivity index (χ0v) is 11.6. The van der Waals surface area contributed by atoms with Crippen molar-refractivity contribution in [1.29, 1.82) is 0 Å². The molecule has 0 spiro atoms. The summed E-state index contributed by atoms with van der Waals surface area (Å²) in [6.07, 6.45) is 4.12. The second kappa shape index (κ2) is 7.56. The van der Waals surface area contributed by atoms with Gasteiger partial charge in [0.15, 0.2) is 11.6 Å². The van der Waals surface area contributed by atoms with E-state index in [1.165, 1.54) is 6.07 Å². The number of halogens is 2. The van der Waals surface area contributed by atoms with Crippen LogP contribution in [-0.4, -0.2) is 22.3 Å². The molecule has 2 aromatic rings. The lowest BCUT2D eigenvalue weighted by Crippen LogP contribution is -2.09. The average Bonchev–Trinajstić information content (AvgIpc) is 2.95. The van der Waals surface area contributed by atoms with Crippen molar-refractivity contribution in [1.82, 2.24) is 9.78 Å². The number of hydrogen-bond acceptors (Lipinski definition) is 2. The van der Waals surface area contributed by atoms with Crippen LogP contribution in [0.15, 0.2) is 36.7 Å². The molecule has 0 saturated heterocycles. The van der Waals surface area contributed by atoms with Crippen LogP contribution in [0.4, 0.5) is 4.39 Å². The van der Waals surface area contributed by atoms with Gasteiger partial charge >= 0.3 is 0 Å². The van der Waals surface area contributed by atoms with Crippen LogP contribution >= 0.6 is 11.6 Å². The molecule has 0 atom stereocenters. The third-order valence-corrected chi connectivity index (χ3v) is 2.71. The Labute approximate surface area is 122 Å². The van der Waals surface area contributed by atoms with Gasteiger partial charge in [-0.25, -0.2) is 4.39 Å². The number of aromatic nitrogens is 2. The highest BCUT2D eigenvalue weighted by Gasteiger charge is 2.04. The molecule has 1 heterocycles. The zero-order chi connectivity index (χ0) is 14.2. The Kier molecular flexibility index (Phi) is 5.45. The van der Waals surface area contributed by atoms with Gasteiger partial charge in [0.05, 0.1) is 6.54 Å². The molecule has 0 N–H and O–H groups in total. The quantitative estimate of drug-likeness (QED) is 0.625. The van der Waals surface area contributed by atoms with Crippen molar-refractivity contribution in [2.45, 2.75) is 13.0 Å². The third kappa shape index (κ3) is 4.29. The maximum atomic E-state index is 13.6. The summed E-state index contributed by atoms with van der Waals surface area (Å²) in [6.45, 7) is 0.908. The minimum absolute atomic E-state index is 0.204. The van der Waals surface area contributed by atoms with Crippen LogP contribution in [-0.2, 0) is 6.54 Å². The predicted octanol–water partition coefficient (Wildman–Crippen LogP) is 3.08. The van der Waals surface area contributed by atoms with E-state index in [-0.39, 0.29) is 5.75 Å². The van der Waals surface area contributed by atoms with Gasteiger partial charge in [0, 0.05) is 30.3 Å². The lowest BCUT2D eigenvalue weighted by Gasteiger charge is -2.07. The zero-order valence-electron chi connectivity index (χ0n) is 10.9. The molecule has 0 fully saturated rings. The van der Waals surface area contributed by atoms with E-state index in [1.807, 2.05) is 12.3 Å². The van der Waals surface area contributed by atoms with Crippen LogP contribution in [0.5, 0.6) is 5.75 Å². The molecule has 2 rings (SSSR count). The minimum Gasteiger partial charge on any atom is -0.489 e. The Morgan fingerprint density at radius 2 is 2.30 bits per heavy atom. The summed E-state index contributed by atoms with van der Waals surface area (Å²) in [5, 5.41) is 4.05. The molecular formula is C15H14ClFN2O. The van der Waals surface area contributed by atoms with Crippen LogP contribution in [0.2, 0.25) is 0 Å². The Morgan fingerprint density at radius 3 is 3.05 bits per heavy atom. The highest BCUT2D eigenvalue weighted by atomic mass is 35.5. The summed E-state index contributed by atoms with van der Waals surface area (Å²) >= 11 is 5.55. The molecular weight excluding hydrogens is 279 g/mol. The van der Waals surface area contributed by atoms with E-state index in [0.29, 0.717) is 31.0 Å². The Balaban J connectivity index is 1.96. The predicted molar refractivity (Wildman–Crippen MR) is 76.3 cm³/mol. The van der Waals surface area contributed by atoms with Gasteiger partial charge in [-0.15, -0.1) is 11.6 Å². The summed E-state index contributed by atoms with van der Waals surface area (Å²) in [7, 11) is 0. The van der Waals surface area contributed by atoms with E-state index in [9.17, 15) is 4.39 Å². The average molecular weight is 293 g/mol. The lowest BCUT2D eigenvalue weighted by molar-refractivity contribution is 0.278. The number of ether oxygens (including phenoxy) is 1. The Hall–Kier alpha value is -1.99. The van der Waals surface area contributed by atoms with Gasteiger partial charge in [-0.05, 0) is 24.3 Å². The maximum absolute atomic E-state index is 13.6. The standard InChI is InChI=1S/C15H14ClFN2O/c16-7-2-1-4-13-5-6-14(17)15(12-13)20-11-10-19-9-3-8-18-19/h3,5-6,8-9,12H,2,7,10-11H2. The largest absolute Gasteiger partial charge is 0.489 e. The monoisotopic (exact) mass is 292 g/mol. The highest BCUT2D eigenvalue weighted by Crippen LogP contribution is 2.18. The van der Waals surface area contributed by atoms with Gasteiger partial charge in [-0.3, -0.25) is 4.68 Å². The maximum Gasteiger partial charge on any atom is 0.165 e. The van der Waals surface area contributed by atoms with E-state index < -0.39 is 5.82 Å². The van der Waals surface area contributed by atoms with Gasteiger partial charge in [-0.2, -0.15) is 5.10 Å². The smallest absolute Gasteiger partial charge is 0.165 e. The molecule has 0 aliphatic rings. The van der Waals surface area contributed by atoms with Crippen molar-refractivity contribution in [3.8, 4) is 17.6 Å². The first-order valence-corrected chi connectivity index (χ1v) is 6.77. The number of nitrogens with zero attached hydrogens (tertiary/aromatic N) is 2. The van der Waals surface area contributed by atoms with Gasteiger partial charge in [-0.1, -0.05) is 11.8 Å². The molecule has 1 aromatic carbocycles. The molecule has 0 aliphatic heterocycles. The van der Waals surface area contributed by atoms with Crippen molar-refractivity contribution in [2.24, 2.45) is 0 Å². The van der Waals surface area contributed by atoms with Gasteiger partial charge in [0.25, 0.3) is 0 Å². The van der Waals surface area contributed by atoms with E-state index in [0.717, 1.165) is 0 Å². The molecule has 0 saturated carbocycles. The Morgan fingerprint density at radius 1 is 1.40 bits per heavy atom. The first-order valence-electron chi connectivity index (χ1n) is 6.24. The summed E-state index contributed by atoms with van der Waals surface area (Å²) in [5.74, 6) is 6.12. The molecule has 0 aliphatic carbocycles. The minimum atomic E-state index is -0.395. The van der Waals surface area contributed by atoms with Gasteiger partial charge < -0.3 is 4.74 Å². The second-order valence-corrected chi connectivity index (χ2v) is 4.38. The molecule has 0 amide bonds. The Bertz CT molecular complexity index is 602. The van der Waals surface area contributed by atoms with E-state index in [2.05, 4.69) is 16.9 Å².